The number of aromatic nitrogens is 1. The van der Waals surface area contributed by atoms with Crippen LogP contribution in [0.4, 0.5) is 0 Å². The van der Waals surface area contributed by atoms with Crippen molar-refractivity contribution in [1.82, 2.24) is 15.6 Å². The number of amides is 2. The summed E-state index contributed by atoms with van der Waals surface area (Å²) < 4.78 is 5.74. The molecule has 1 unspecified atom stereocenters. The zero-order valence-corrected chi connectivity index (χ0v) is 16.4. The molecular weight excluding hydrogens is 366 g/mol. The number of hydrogen-bond acceptors (Lipinski definition) is 4. The van der Waals surface area contributed by atoms with E-state index in [-0.39, 0.29) is 11.8 Å². The lowest BCUT2D eigenvalue weighted by Crippen LogP contribution is -2.44. The molecule has 1 atom stereocenters. The van der Waals surface area contributed by atoms with Gasteiger partial charge in [0.25, 0.3) is 0 Å². The minimum absolute atomic E-state index is 0.165. The lowest BCUT2D eigenvalue weighted by atomic mass is 10.2. The Balaban J connectivity index is 1.37. The van der Waals surface area contributed by atoms with Crippen LogP contribution < -0.4 is 10.6 Å². The summed E-state index contributed by atoms with van der Waals surface area (Å²) in [6, 6.07) is 18.8. The van der Waals surface area contributed by atoms with Gasteiger partial charge in [0.1, 0.15) is 6.04 Å². The van der Waals surface area contributed by atoms with Gasteiger partial charge >= 0.3 is 0 Å². The number of carbonyl (C=O) groups excluding carboxylic acids is 2. The standard InChI is InChI=1S/C23H25N3O3/c1-17(23(28)25-15-18-9-4-2-5-10-18)26-21(27)13-8-14-22-24-16-20(29-22)19-11-6-3-7-12-19/h2-7,9-12,16-17H,8,13-15H2,1H3,(H,25,28)(H,26,27). The van der Waals surface area contributed by atoms with Crippen LogP contribution in [0.5, 0.6) is 0 Å². The van der Waals surface area contributed by atoms with Crippen molar-refractivity contribution in [2.45, 2.75) is 38.8 Å². The van der Waals surface area contributed by atoms with E-state index in [1.165, 1.54) is 0 Å². The van der Waals surface area contributed by atoms with Crippen molar-refractivity contribution in [3.05, 3.63) is 78.3 Å². The van der Waals surface area contributed by atoms with Gasteiger partial charge in [-0.3, -0.25) is 9.59 Å². The number of nitrogens with one attached hydrogen (secondary N) is 2. The van der Waals surface area contributed by atoms with Gasteiger partial charge in [0.15, 0.2) is 11.7 Å². The highest BCUT2D eigenvalue weighted by molar-refractivity contribution is 5.87. The van der Waals surface area contributed by atoms with E-state index in [2.05, 4.69) is 15.6 Å². The molecule has 0 radical (unpaired) electrons. The predicted octanol–water partition coefficient (Wildman–Crippen LogP) is 3.49. The first-order chi connectivity index (χ1) is 14.1. The molecule has 150 valence electrons. The fourth-order valence-corrected chi connectivity index (χ4v) is 2.88. The molecule has 0 aliphatic rings. The van der Waals surface area contributed by atoms with E-state index in [4.69, 9.17) is 4.42 Å². The topological polar surface area (TPSA) is 84.2 Å². The smallest absolute Gasteiger partial charge is 0.242 e. The van der Waals surface area contributed by atoms with Gasteiger partial charge in [-0.1, -0.05) is 60.7 Å². The summed E-state index contributed by atoms with van der Waals surface area (Å²) in [4.78, 5) is 28.5. The summed E-state index contributed by atoms with van der Waals surface area (Å²) in [5.74, 6) is 0.948. The number of oxazole rings is 1. The number of benzene rings is 2. The molecule has 2 aromatic carbocycles. The number of aryl methyl sites for hydroxylation is 1. The van der Waals surface area contributed by atoms with E-state index in [0.717, 1.165) is 11.1 Å². The highest BCUT2D eigenvalue weighted by Gasteiger charge is 2.15. The molecule has 0 bridgehead atoms. The summed E-state index contributed by atoms with van der Waals surface area (Å²) in [5, 5.41) is 5.56. The highest BCUT2D eigenvalue weighted by Crippen LogP contribution is 2.20. The van der Waals surface area contributed by atoms with E-state index in [1.807, 2.05) is 60.7 Å². The van der Waals surface area contributed by atoms with E-state index >= 15 is 0 Å². The lowest BCUT2D eigenvalue weighted by Gasteiger charge is -2.14. The van der Waals surface area contributed by atoms with Crippen LogP contribution in [0.1, 0.15) is 31.2 Å². The van der Waals surface area contributed by atoms with Gasteiger partial charge in [-0.2, -0.15) is 0 Å². The molecule has 0 aliphatic carbocycles. The largest absolute Gasteiger partial charge is 0.441 e. The lowest BCUT2D eigenvalue weighted by molar-refractivity contribution is -0.128. The molecule has 0 saturated carbocycles. The number of nitrogens with zero attached hydrogens (tertiary/aromatic N) is 1. The van der Waals surface area contributed by atoms with Crippen LogP contribution in [-0.2, 0) is 22.6 Å². The van der Waals surface area contributed by atoms with Crippen molar-refractivity contribution in [1.29, 1.82) is 0 Å². The monoisotopic (exact) mass is 391 g/mol. The fraction of sp³-hybridized carbons (Fsp3) is 0.261. The SMILES string of the molecule is CC(NC(=O)CCCc1ncc(-c2ccccc2)o1)C(=O)NCc1ccccc1. The Labute approximate surface area is 170 Å². The van der Waals surface area contributed by atoms with Crippen LogP contribution >= 0.6 is 0 Å². The van der Waals surface area contributed by atoms with Crippen LogP contribution in [0.25, 0.3) is 11.3 Å². The molecule has 2 N–H and O–H groups in total. The quantitative estimate of drug-likeness (QED) is 0.585. The number of carbonyl (C=O) groups is 2. The zero-order chi connectivity index (χ0) is 20.5. The third-order valence-corrected chi connectivity index (χ3v) is 4.49. The van der Waals surface area contributed by atoms with Crippen LogP contribution in [-0.4, -0.2) is 22.8 Å². The van der Waals surface area contributed by atoms with Crippen LogP contribution in [0.15, 0.2) is 71.3 Å². The van der Waals surface area contributed by atoms with Crippen molar-refractivity contribution in [3.63, 3.8) is 0 Å². The predicted molar refractivity (Wildman–Crippen MR) is 111 cm³/mol. The molecule has 0 spiro atoms. The Morgan fingerprint density at radius 1 is 1.03 bits per heavy atom. The number of hydrogen-bond donors (Lipinski definition) is 2. The first-order valence-electron chi connectivity index (χ1n) is 9.73. The molecule has 0 saturated heterocycles. The maximum Gasteiger partial charge on any atom is 0.242 e. The average Bonchev–Trinajstić information content (AvgIpc) is 3.22. The molecule has 3 aromatic rings. The van der Waals surface area contributed by atoms with Gasteiger partial charge in [0, 0.05) is 24.9 Å². The third-order valence-electron chi connectivity index (χ3n) is 4.49. The van der Waals surface area contributed by atoms with Gasteiger partial charge in [-0.25, -0.2) is 4.98 Å². The average molecular weight is 391 g/mol. The summed E-state index contributed by atoms with van der Waals surface area (Å²) in [6.45, 7) is 2.12. The van der Waals surface area contributed by atoms with E-state index in [9.17, 15) is 9.59 Å². The Hall–Kier alpha value is -3.41. The molecule has 6 heteroatoms. The molecule has 29 heavy (non-hydrogen) atoms. The molecule has 6 nitrogen and oxygen atoms in total. The molecule has 1 heterocycles. The normalized spacial score (nSPS) is 11.6. The van der Waals surface area contributed by atoms with Crippen LogP contribution in [0, 0.1) is 0 Å². The first kappa shape index (κ1) is 20.3. The van der Waals surface area contributed by atoms with Crippen molar-refractivity contribution >= 4 is 11.8 Å². The third kappa shape index (κ3) is 6.31. The minimum Gasteiger partial charge on any atom is -0.441 e. The number of rotatable bonds is 9. The van der Waals surface area contributed by atoms with Crippen molar-refractivity contribution in [2.75, 3.05) is 0 Å². The Bertz CT molecular complexity index is 923. The van der Waals surface area contributed by atoms with Gasteiger partial charge in [-0.15, -0.1) is 0 Å². The second-order valence-electron chi connectivity index (χ2n) is 6.83. The summed E-state index contributed by atoms with van der Waals surface area (Å²) >= 11 is 0. The van der Waals surface area contributed by atoms with Gasteiger partial charge in [-0.05, 0) is 18.9 Å². The Morgan fingerprint density at radius 3 is 2.45 bits per heavy atom. The summed E-state index contributed by atoms with van der Waals surface area (Å²) in [5.41, 5.74) is 1.99. The zero-order valence-electron chi connectivity index (χ0n) is 16.4. The second-order valence-corrected chi connectivity index (χ2v) is 6.83. The fourth-order valence-electron chi connectivity index (χ4n) is 2.88. The van der Waals surface area contributed by atoms with Gasteiger partial charge < -0.3 is 15.1 Å². The maximum absolute atomic E-state index is 12.1. The van der Waals surface area contributed by atoms with Crippen molar-refractivity contribution in [2.24, 2.45) is 0 Å². The summed E-state index contributed by atoms with van der Waals surface area (Å²) in [7, 11) is 0. The van der Waals surface area contributed by atoms with E-state index < -0.39 is 6.04 Å². The minimum atomic E-state index is -0.586. The van der Waals surface area contributed by atoms with Crippen LogP contribution in [0.3, 0.4) is 0 Å². The van der Waals surface area contributed by atoms with Crippen molar-refractivity contribution in [3.8, 4) is 11.3 Å². The molecule has 2 amide bonds. The molecular formula is C23H25N3O3. The Kier molecular flexibility index (Phi) is 7.16. The summed E-state index contributed by atoms with van der Waals surface area (Å²) in [6.07, 6.45) is 3.16. The molecule has 1 aromatic heterocycles. The first-order valence-corrected chi connectivity index (χ1v) is 9.73. The second kappa shape index (κ2) is 10.2. The van der Waals surface area contributed by atoms with Gasteiger partial charge in [0.05, 0.1) is 6.20 Å². The van der Waals surface area contributed by atoms with Crippen molar-refractivity contribution < 1.29 is 14.0 Å². The molecule has 0 fully saturated rings. The van der Waals surface area contributed by atoms with E-state index in [0.29, 0.717) is 37.5 Å². The molecule has 3 rings (SSSR count). The van der Waals surface area contributed by atoms with E-state index in [1.54, 1.807) is 13.1 Å². The van der Waals surface area contributed by atoms with Crippen LogP contribution in [0.2, 0.25) is 0 Å². The molecule has 0 aliphatic heterocycles. The van der Waals surface area contributed by atoms with Gasteiger partial charge in [0.2, 0.25) is 11.8 Å². The maximum atomic E-state index is 12.1. The highest BCUT2D eigenvalue weighted by atomic mass is 16.4. The Morgan fingerprint density at radius 2 is 1.72 bits per heavy atom.